The fraction of sp³-hybridized carbons (Fsp3) is 0.786. The number of piperidine rings is 1. The maximum Gasteiger partial charge on any atom is 0.411 e. The predicted molar refractivity (Wildman–Crippen MR) is 71.4 cm³/mol. The molecule has 4 nitrogen and oxygen atoms in total. The van der Waals surface area contributed by atoms with E-state index in [-0.39, 0.29) is 18.5 Å². The van der Waals surface area contributed by atoms with Gasteiger partial charge in [-0.05, 0) is 20.8 Å². The Morgan fingerprint density at radius 1 is 1.32 bits per heavy atom. The normalized spacial score (nSPS) is 25.9. The highest BCUT2D eigenvalue weighted by Gasteiger charge is 2.39. The zero-order chi connectivity index (χ0) is 13.6. The molecule has 5 heteroatoms. The number of likely N-dealkylation sites (tertiary alicyclic amines) is 1. The number of hydrogen-bond donors (Lipinski definition) is 1. The van der Waals surface area contributed by atoms with E-state index in [9.17, 15) is 4.79 Å². The summed E-state index contributed by atoms with van der Waals surface area (Å²) in [5, 5.41) is 0. The van der Waals surface area contributed by atoms with Crippen molar-refractivity contribution in [2.75, 3.05) is 32.7 Å². The van der Waals surface area contributed by atoms with Gasteiger partial charge in [-0.15, -0.1) is 6.42 Å². The van der Waals surface area contributed by atoms with Crippen molar-refractivity contribution in [1.29, 1.82) is 0 Å². The molecule has 1 aliphatic heterocycles. The number of carbonyl (C=O) groups excluding carboxylic acids is 1. The second kappa shape index (κ2) is 8.29. The first-order valence-electron chi connectivity index (χ1n) is 6.90. The van der Waals surface area contributed by atoms with Gasteiger partial charge in [0.2, 0.25) is 0 Å². The van der Waals surface area contributed by atoms with Gasteiger partial charge in [-0.1, -0.05) is 5.92 Å². The molecule has 19 heavy (non-hydrogen) atoms. The second-order valence-electron chi connectivity index (χ2n) is 4.78. The minimum atomic E-state index is -0.682. The van der Waals surface area contributed by atoms with E-state index in [1.165, 1.54) is 4.90 Å². The van der Waals surface area contributed by atoms with Gasteiger partial charge in [-0.2, -0.15) is 0 Å². The Labute approximate surface area is 122 Å². The number of nitrogens with one attached hydrogen (secondary N) is 1. The fourth-order valence-corrected chi connectivity index (χ4v) is 2.35. The summed E-state index contributed by atoms with van der Waals surface area (Å²) in [5.74, 6) is 2.71. The number of rotatable bonds is 4. The van der Waals surface area contributed by atoms with Gasteiger partial charge in [0.15, 0.2) is 5.60 Å². The molecule has 1 heterocycles. The summed E-state index contributed by atoms with van der Waals surface area (Å²) in [6, 6.07) is 0. The Bertz CT molecular complexity index is 316. The van der Waals surface area contributed by atoms with Gasteiger partial charge in [0, 0.05) is 25.9 Å². The minimum absolute atomic E-state index is 0. The number of quaternary nitrogens is 1. The van der Waals surface area contributed by atoms with E-state index in [0.717, 1.165) is 32.5 Å². The van der Waals surface area contributed by atoms with Crippen molar-refractivity contribution in [2.24, 2.45) is 0 Å². The van der Waals surface area contributed by atoms with Gasteiger partial charge in [0.1, 0.15) is 0 Å². The molecule has 0 saturated carbocycles. The molecule has 0 radical (unpaired) electrons. The van der Waals surface area contributed by atoms with Gasteiger partial charge in [0.25, 0.3) is 0 Å². The highest BCUT2D eigenvalue weighted by Crippen LogP contribution is 2.22. The SMILES string of the molecule is C#CC1(OC(=O)N(CC)CC)CC[NH+](CC)CC1.[Cl-]. The Hall–Kier alpha value is -0.920. The van der Waals surface area contributed by atoms with Crippen LogP contribution in [-0.2, 0) is 4.74 Å². The van der Waals surface area contributed by atoms with E-state index in [4.69, 9.17) is 11.2 Å². The maximum absolute atomic E-state index is 12.0. The number of hydrogen-bond acceptors (Lipinski definition) is 2. The van der Waals surface area contributed by atoms with Crippen molar-refractivity contribution >= 4 is 6.09 Å². The second-order valence-corrected chi connectivity index (χ2v) is 4.78. The van der Waals surface area contributed by atoms with Gasteiger partial charge < -0.3 is 26.9 Å². The third kappa shape index (κ3) is 4.59. The van der Waals surface area contributed by atoms with Crippen molar-refractivity contribution in [3.8, 4) is 12.3 Å². The molecule has 1 amide bonds. The van der Waals surface area contributed by atoms with Crippen LogP contribution >= 0.6 is 0 Å². The van der Waals surface area contributed by atoms with E-state index in [1.807, 2.05) is 13.8 Å². The van der Waals surface area contributed by atoms with E-state index in [0.29, 0.717) is 13.1 Å². The third-order valence-electron chi connectivity index (χ3n) is 3.83. The summed E-state index contributed by atoms with van der Waals surface area (Å²) in [6.45, 7) is 10.4. The zero-order valence-electron chi connectivity index (χ0n) is 12.2. The molecule has 1 aliphatic rings. The average molecular weight is 289 g/mol. The van der Waals surface area contributed by atoms with Crippen molar-refractivity contribution in [1.82, 2.24) is 4.90 Å². The van der Waals surface area contributed by atoms with Gasteiger partial charge in [-0.3, -0.25) is 0 Å². The molecule has 110 valence electrons. The predicted octanol–water partition coefficient (Wildman–Crippen LogP) is -2.46. The van der Waals surface area contributed by atoms with Crippen LogP contribution in [0.2, 0.25) is 0 Å². The topological polar surface area (TPSA) is 34.0 Å². The monoisotopic (exact) mass is 288 g/mol. The van der Waals surface area contributed by atoms with Crippen LogP contribution in [0.15, 0.2) is 0 Å². The Kier molecular flexibility index (Phi) is 7.89. The molecule has 0 atom stereocenters. The van der Waals surface area contributed by atoms with Crippen LogP contribution in [0.1, 0.15) is 33.6 Å². The Balaban J connectivity index is 0.00000324. The third-order valence-corrected chi connectivity index (χ3v) is 3.83. The summed E-state index contributed by atoms with van der Waals surface area (Å²) in [5.41, 5.74) is -0.682. The van der Waals surface area contributed by atoms with E-state index in [2.05, 4.69) is 12.8 Å². The molecule has 0 aromatic carbocycles. The molecule has 1 rings (SSSR count). The minimum Gasteiger partial charge on any atom is -1.00 e. The number of halogens is 1. The molecule has 0 spiro atoms. The van der Waals surface area contributed by atoms with Gasteiger partial charge >= 0.3 is 6.09 Å². The lowest BCUT2D eigenvalue weighted by Crippen LogP contribution is -3.13. The molecule has 0 aliphatic carbocycles. The number of carbonyl (C=O) groups is 1. The molecule has 1 saturated heterocycles. The fourth-order valence-electron chi connectivity index (χ4n) is 2.35. The number of terminal acetylenes is 1. The first-order valence-corrected chi connectivity index (χ1v) is 6.90. The van der Waals surface area contributed by atoms with Crippen molar-refractivity contribution in [3.05, 3.63) is 0 Å². The van der Waals surface area contributed by atoms with Gasteiger partial charge in [-0.25, -0.2) is 4.79 Å². The van der Waals surface area contributed by atoms with Crippen molar-refractivity contribution < 1.29 is 26.8 Å². The number of nitrogens with zero attached hydrogens (tertiary/aromatic N) is 1. The van der Waals surface area contributed by atoms with Crippen LogP contribution in [-0.4, -0.2) is 49.3 Å². The summed E-state index contributed by atoms with van der Waals surface area (Å²) in [4.78, 5) is 15.2. The lowest BCUT2D eigenvalue weighted by Gasteiger charge is -2.36. The lowest BCUT2D eigenvalue weighted by atomic mass is 9.92. The molecule has 1 N–H and O–H groups in total. The molecule has 0 bridgehead atoms. The summed E-state index contributed by atoms with van der Waals surface area (Å²) >= 11 is 0. The van der Waals surface area contributed by atoms with E-state index < -0.39 is 5.60 Å². The zero-order valence-corrected chi connectivity index (χ0v) is 12.9. The lowest BCUT2D eigenvalue weighted by molar-refractivity contribution is -0.905. The average Bonchev–Trinajstić information content (AvgIpc) is 2.41. The molecular weight excluding hydrogens is 264 g/mol. The molecule has 0 aromatic heterocycles. The van der Waals surface area contributed by atoms with Crippen LogP contribution in [0.3, 0.4) is 0 Å². The van der Waals surface area contributed by atoms with Crippen LogP contribution in [0.5, 0.6) is 0 Å². The molecule has 0 aromatic rings. The van der Waals surface area contributed by atoms with Gasteiger partial charge in [0.05, 0.1) is 19.6 Å². The first kappa shape index (κ1) is 18.1. The summed E-state index contributed by atoms with van der Waals surface area (Å²) in [7, 11) is 0. The quantitative estimate of drug-likeness (QED) is 0.583. The smallest absolute Gasteiger partial charge is 0.411 e. The first-order chi connectivity index (χ1) is 8.60. The standard InChI is InChI=1S/C14H24N2O2.ClH/c1-5-14(9-11-15(6-2)12-10-14)18-13(17)16(7-3)8-4;/h1H,6-12H2,2-4H3;1H. The van der Waals surface area contributed by atoms with E-state index in [1.54, 1.807) is 4.90 Å². The largest absolute Gasteiger partial charge is 1.00 e. The highest BCUT2D eigenvalue weighted by molar-refractivity contribution is 5.68. The highest BCUT2D eigenvalue weighted by atomic mass is 35.5. The molecular formula is C14H25ClN2O2. The van der Waals surface area contributed by atoms with Crippen LogP contribution < -0.4 is 17.3 Å². The van der Waals surface area contributed by atoms with Crippen LogP contribution in [0, 0.1) is 12.3 Å². The van der Waals surface area contributed by atoms with E-state index >= 15 is 0 Å². The van der Waals surface area contributed by atoms with Crippen LogP contribution in [0.25, 0.3) is 0 Å². The Morgan fingerprint density at radius 3 is 2.21 bits per heavy atom. The van der Waals surface area contributed by atoms with Crippen molar-refractivity contribution in [3.63, 3.8) is 0 Å². The van der Waals surface area contributed by atoms with Crippen LogP contribution in [0.4, 0.5) is 4.79 Å². The summed E-state index contributed by atoms with van der Waals surface area (Å²) in [6.07, 6.45) is 6.85. The number of ether oxygens (including phenoxy) is 1. The number of amides is 1. The molecule has 1 fully saturated rings. The molecule has 0 unspecified atom stereocenters. The summed E-state index contributed by atoms with van der Waals surface area (Å²) < 4.78 is 5.60. The maximum atomic E-state index is 12.0. The Morgan fingerprint density at radius 2 is 1.84 bits per heavy atom. The van der Waals surface area contributed by atoms with Crippen molar-refractivity contribution in [2.45, 2.75) is 39.2 Å².